The van der Waals surface area contributed by atoms with Crippen LogP contribution in [0.2, 0.25) is 0 Å². The molecule has 0 unspecified atom stereocenters. The number of allylic oxidation sites excluding steroid dienone is 1. The van der Waals surface area contributed by atoms with Gasteiger partial charge >= 0.3 is 0 Å². The van der Waals surface area contributed by atoms with Crippen LogP contribution in [0.3, 0.4) is 0 Å². The van der Waals surface area contributed by atoms with E-state index >= 15 is 0 Å². The lowest BCUT2D eigenvalue weighted by molar-refractivity contribution is 0.861. The fourth-order valence-electron chi connectivity index (χ4n) is 2.59. The smallest absolute Gasteiger partial charge is 0.141 e. The quantitative estimate of drug-likeness (QED) is 0.579. The van der Waals surface area contributed by atoms with Crippen LogP contribution in [0, 0.1) is 13.8 Å². The van der Waals surface area contributed by atoms with Gasteiger partial charge in [0.25, 0.3) is 0 Å². The Labute approximate surface area is 124 Å². The number of fused-ring (bicyclic) bond motifs is 1. The van der Waals surface area contributed by atoms with Crippen molar-refractivity contribution < 1.29 is 0 Å². The number of benzene rings is 2. The molecule has 1 heterocycles. The summed E-state index contributed by atoms with van der Waals surface area (Å²) in [6, 6.07) is 12.2. The third-order valence-electron chi connectivity index (χ3n) is 3.82. The van der Waals surface area contributed by atoms with E-state index in [0.29, 0.717) is 0 Å². The van der Waals surface area contributed by atoms with Crippen LogP contribution in [0.25, 0.3) is 22.4 Å². The SMILES string of the molecule is C=CCn1c(-c2cccc(N)c2)nc2cc(C)c(C)cc21. The Morgan fingerprint density at radius 2 is 1.95 bits per heavy atom. The molecule has 0 atom stereocenters. The molecule has 0 saturated carbocycles. The number of rotatable bonds is 3. The first-order chi connectivity index (χ1) is 10.1. The first-order valence-electron chi connectivity index (χ1n) is 7.04. The molecule has 3 aromatic rings. The average molecular weight is 277 g/mol. The normalized spacial score (nSPS) is 11.0. The summed E-state index contributed by atoms with van der Waals surface area (Å²) in [5.74, 6) is 0.933. The molecule has 0 amide bonds. The molecular formula is C18H19N3. The van der Waals surface area contributed by atoms with E-state index in [4.69, 9.17) is 10.7 Å². The van der Waals surface area contributed by atoms with Crippen molar-refractivity contribution in [3.8, 4) is 11.4 Å². The maximum atomic E-state index is 5.91. The predicted octanol–water partition coefficient (Wildman–Crippen LogP) is 4.09. The molecule has 1 aromatic heterocycles. The standard InChI is InChI=1S/C18H19N3/c1-4-8-21-17-10-13(3)12(2)9-16(17)20-18(21)14-6-5-7-15(19)11-14/h4-7,9-11H,1,8,19H2,2-3H3. The van der Waals surface area contributed by atoms with Gasteiger partial charge in [-0.15, -0.1) is 6.58 Å². The van der Waals surface area contributed by atoms with Gasteiger partial charge in [-0.2, -0.15) is 0 Å². The van der Waals surface area contributed by atoms with Crippen LogP contribution in [0.4, 0.5) is 5.69 Å². The van der Waals surface area contributed by atoms with Gasteiger partial charge in [0.1, 0.15) is 5.82 Å². The highest BCUT2D eigenvalue weighted by molar-refractivity contribution is 5.82. The Morgan fingerprint density at radius 3 is 2.67 bits per heavy atom. The van der Waals surface area contributed by atoms with Crippen LogP contribution in [-0.4, -0.2) is 9.55 Å². The number of nitrogen functional groups attached to an aromatic ring is 1. The molecule has 2 aromatic carbocycles. The molecule has 0 bridgehead atoms. The van der Waals surface area contributed by atoms with Crippen LogP contribution in [0.1, 0.15) is 11.1 Å². The van der Waals surface area contributed by atoms with E-state index in [2.05, 4.69) is 37.1 Å². The predicted molar refractivity (Wildman–Crippen MR) is 89.3 cm³/mol. The summed E-state index contributed by atoms with van der Waals surface area (Å²) in [4.78, 5) is 4.80. The second kappa shape index (κ2) is 5.09. The van der Waals surface area contributed by atoms with Crippen LogP contribution in [0.15, 0.2) is 49.1 Å². The fraction of sp³-hybridized carbons (Fsp3) is 0.167. The summed E-state index contributed by atoms with van der Waals surface area (Å²) in [5, 5.41) is 0. The molecule has 21 heavy (non-hydrogen) atoms. The van der Waals surface area contributed by atoms with Crippen molar-refractivity contribution in [1.82, 2.24) is 9.55 Å². The van der Waals surface area contributed by atoms with E-state index in [-0.39, 0.29) is 0 Å². The number of nitrogens with two attached hydrogens (primary N) is 1. The van der Waals surface area contributed by atoms with E-state index in [9.17, 15) is 0 Å². The Bertz CT molecular complexity index is 828. The minimum atomic E-state index is 0.725. The highest BCUT2D eigenvalue weighted by Gasteiger charge is 2.13. The summed E-state index contributed by atoms with van der Waals surface area (Å²) in [5.41, 5.74) is 12.4. The molecule has 0 radical (unpaired) electrons. The third kappa shape index (κ3) is 2.31. The number of imidazole rings is 1. The zero-order valence-corrected chi connectivity index (χ0v) is 12.4. The van der Waals surface area contributed by atoms with E-state index in [1.807, 2.05) is 30.3 Å². The van der Waals surface area contributed by atoms with Crippen LogP contribution < -0.4 is 5.73 Å². The summed E-state index contributed by atoms with van der Waals surface area (Å²) in [6.45, 7) is 8.82. The summed E-state index contributed by atoms with van der Waals surface area (Å²) in [6.07, 6.45) is 1.89. The van der Waals surface area contributed by atoms with E-state index in [1.165, 1.54) is 11.1 Å². The zero-order chi connectivity index (χ0) is 15.0. The lowest BCUT2D eigenvalue weighted by Crippen LogP contribution is -1.99. The molecule has 106 valence electrons. The number of anilines is 1. The second-order valence-electron chi connectivity index (χ2n) is 5.39. The zero-order valence-electron chi connectivity index (χ0n) is 12.4. The summed E-state index contributed by atoms with van der Waals surface area (Å²) >= 11 is 0. The van der Waals surface area contributed by atoms with Crippen molar-refractivity contribution in [1.29, 1.82) is 0 Å². The highest BCUT2D eigenvalue weighted by Crippen LogP contribution is 2.28. The molecule has 0 aliphatic rings. The number of hydrogen-bond donors (Lipinski definition) is 1. The van der Waals surface area contributed by atoms with Crippen molar-refractivity contribution >= 4 is 16.7 Å². The van der Waals surface area contributed by atoms with Crippen LogP contribution in [0.5, 0.6) is 0 Å². The van der Waals surface area contributed by atoms with Gasteiger partial charge in [0.05, 0.1) is 11.0 Å². The van der Waals surface area contributed by atoms with Gasteiger partial charge in [0.2, 0.25) is 0 Å². The first-order valence-corrected chi connectivity index (χ1v) is 7.04. The minimum Gasteiger partial charge on any atom is -0.399 e. The maximum Gasteiger partial charge on any atom is 0.141 e. The van der Waals surface area contributed by atoms with Gasteiger partial charge in [0, 0.05) is 17.8 Å². The summed E-state index contributed by atoms with van der Waals surface area (Å²) < 4.78 is 2.18. The van der Waals surface area contributed by atoms with Crippen molar-refractivity contribution in [2.45, 2.75) is 20.4 Å². The monoisotopic (exact) mass is 277 g/mol. The lowest BCUT2D eigenvalue weighted by Gasteiger charge is -2.08. The van der Waals surface area contributed by atoms with Gasteiger partial charge in [-0.25, -0.2) is 4.98 Å². The molecule has 3 rings (SSSR count). The van der Waals surface area contributed by atoms with Gasteiger partial charge in [-0.1, -0.05) is 18.2 Å². The molecule has 0 spiro atoms. The first kappa shape index (κ1) is 13.4. The van der Waals surface area contributed by atoms with Crippen LogP contribution >= 0.6 is 0 Å². The highest BCUT2D eigenvalue weighted by atomic mass is 15.1. The largest absolute Gasteiger partial charge is 0.399 e. The van der Waals surface area contributed by atoms with Crippen molar-refractivity contribution in [2.75, 3.05) is 5.73 Å². The number of aryl methyl sites for hydroxylation is 2. The Morgan fingerprint density at radius 1 is 1.19 bits per heavy atom. The molecule has 3 nitrogen and oxygen atoms in total. The molecule has 0 aliphatic heterocycles. The maximum absolute atomic E-state index is 5.91. The van der Waals surface area contributed by atoms with Gasteiger partial charge < -0.3 is 10.3 Å². The molecule has 2 N–H and O–H groups in total. The number of aromatic nitrogens is 2. The van der Waals surface area contributed by atoms with E-state index in [0.717, 1.165) is 34.7 Å². The Hall–Kier alpha value is -2.55. The molecular weight excluding hydrogens is 258 g/mol. The fourth-order valence-corrected chi connectivity index (χ4v) is 2.59. The van der Waals surface area contributed by atoms with E-state index in [1.54, 1.807) is 0 Å². The number of hydrogen-bond acceptors (Lipinski definition) is 2. The number of nitrogens with zero attached hydrogens (tertiary/aromatic N) is 2. The second-order valence-corrected chi connectivity index (χ2v) is 5.39. The average Bonchev–Trinajstić information content (AvgIpc) is 2.78. The van der Waals surface area contributed by atoms with Gasteiger partial charge in [-0.3, -0.25) is 0 Å². The molecule has 0 aliphatic carbocycles. The van der Waals surface area contributed by atoms with E-state index < -0.39 is 0 Å². The van der Waals surface area contributed by atoms with Crippen molar-refractivity contribution in [2.24, 2.45) is 0 Å². The molecule has 3 heteroatoms. The van der Waals surface area contributed by atoms with Gasteiger partial charge in [0.15, 0.2) is 0 Å². The van der Waals surface area contributed by atoms with Crippen molar-refractivity contribution in [3.63, 3.8) is 0 Å². The lowest BCUT2D eigenvalue weighted by atomic mass is 10.1. The topological polar surface area (TPSA) is 43.8 Å². The van der Waals surface area contributed by atoms with Crippen LogP contribution in [-0.2, 0) is 6.54 Å². The van der Waals surface area contributed by atoms with Gasteiger partial charge in [-0.05, 0) is 49.2 Å². The third-order valence-corrected chi connectivity index (χ3v) is 3.82. The Balaban J connectivity index is 2.31. The molecule has 0 saturated heterocycles. The van der Waals surface area contributed by atoms with Crippen molar-refractivity contribution in [3.05, 3.63) is 60.2 Å². The minimum absolute atomic E-state index is 0.725. The molecule has 0 fully saturated rings. The summed E-state index contributed by atoms with van der Waals surface area (Å²) in [7, 11) is 0. The Kier molecular flexibility index (Phi) is 3.26.